The van der Waals surface area contributed by atoms with Crippen LogP contribution >= 0.6 is 11.6 Å². The van der Waals surface area contributed by atoms with E-state index in [2.05, 4.69) is 5.10 Å². The van der Waals surface area contributed by atoms with Crippen molar-refractivity contribution in [3.63, 3.8) is 0 Å². The van der Waals surface area contributed by atoms with Gasteiger partial charge in [0, 0.05) is 10.9 Å². The number of benzene rings is 1. The van der Waals surface area contributed by atoms with Crippen molar-refractivity contribution >= 4 is 23.5 Å². The van der Waals surface area contributed by atoms with Gasteiger partial charge in [-0.2, -0.15) is 5.10 Å². The highest BCUT2D eigenvalue weighted by Crippen LogP contribution is 2.43. The lowest BCUT2D eigenvalue weighted by Gasteiger charge is -2.07. The third-order valence-electron chi connectivity index (χ3n) is 3.37. The lowest BCUT2D eigenvalue weighted by Crippen LogP contribution is -2.08. The first-order valence-electron chi connectivity index (χ1n) is 6.34. The molecular weight excluding hydrogens is 296 g/mol. The molecule has 0 unspecified atom stereocenters. The third kappa shape index (κ3) is 2.38. The Morgan fingerprint density at radius 2 is 1.76 bits per heavy atom. The average Bonchev–Trinajstić information content (AvgIpc) is 3.18. The second-order valence-electron chi connectivity index (χ2n) is 4.88. The van der Waals surface area contributed by atoms with Gasteiger partial charge in [-0.3, -0.25) is 0 Å². The van der Waals surface area contributed by atoms with Crippen molar-refractivity contribution in [2.75, 3.05) is 0 Å². The van der Waals surface area contributed by atoms with E-state index in [1.165, 1.54) is 4.68 Å². The molecule has 2 aromatic rings. The molecule has 1 fully saturated rings. The fourth-order valence-electron chi connectivity index (χ4n) is 2.30. The van der Waals surface area contributed by atoms with Gasteiger partial charge in [0.25, 0.3) is 0 Å². The molecule has 6 nitrogen and oxygen atoms in total. The second-order valence-corrected chi connectivity index (χ2v) is 5.32. The lowest BCUT2D eigenvalue weighted by molar-refractivity contribution is 0.0647. The molecule has 0 saturated heterocycles. The highest BCUT2D eigenvalue weighted by Gasteiger charge is 2.37. The molecule has 0 amide bonds. The van der Waals surface area contributed by atoms with E-state index >= 15 is 0 Å². The van der Waals surface area contributed by atoms with Gasteiger partial charge in [-0.1, -0.05) is 11.6 Å². The predicted molar refractivity (Wildman–Crippen MR) is 74.5 cm³/mol. The predicted octanol–water partition coefficient (Wildman–Crippen LogP) is 2.80. The number of hydrogen-bond acceptors (Lipinski definition) is 3. The Kier molecular flexibility index (Phi) is 3.17. The second kappa shape index (κ2) is 4.89. The molecule has 1 aliphatic rings. The Bertz CT molecular complexity index is 732. The van der Waals surface area contributed by atoms with Gasteiger partial charge in [0.05, 0.1) is 11.4 Å². The monoisotopic (exact) mass is 306 g/mol. The van der Waals surface area contributed by atoms with E-state index in [0.717, 1.165) is 12.8 Å². The van der Waals surface area contributed by atoms with Crippen molar-refractivity contribution < 1.29 is 19.8 Å². The molecule has 0 atom stereocenters. The number of carboxylic acid groups (broad SMARTS) is 2. The summed E-state index contributed by atoms with van der Waals surface area (Å²) in [7, 11) is 0. The van der Waals surface area contributed by atoms with Crippen molar-refractivity contribution in [3.05, 3.63) is 46.2 Å². The molecule has 1 saturated carbocycles. The van der Waals surface area contributed by atoms with Crippen molar-refractivity contribution in [3.8, 4) is 5.69 Å². The van der Waals surface area contributed by atoms with Crippen LogP contribution in [0.15, 0.2) is 24.3 Å². The Balaban J connectivity index is 2.24. The van der Waals surface area contributed by atoms with Crippen LogP contribution in [0.1, 0.15) is 45.3 Å². The summed E-state index contributed by atoms with van der Waals surface area (Å²) in [4.78, 5) is 22.7. The standard InChI is InChI=1S/C14H11ClN2O4/c15-8-3-5-9(6-4-8)17-12(7-1-2-7)10(13(18)19)11(16-17)14(20)21/h3-7H,1-2H2,(H,18,19)(H,20,21). The highest BCUT2D eigenvalue weighted by molar-refractivity contribution is 6.30. The topological polar surface area (TPSA) is 92.4 Å². The van der Waals surface area contributed by atoms with Crippen LogP contribution in [-0.4, -0.2) is 31.9 Å². The van der Waals surface area contributed by atoms with Gasteiger partial charge in [0.1, 0.15) is 5.56 Å². The summed E-state index contributed by atoms with van der Waals surface area (Å²) in [5.41, 5.74) is 0.387. The van der Waals surface area contributed by atoms with Crippen LogP contribution in [0.5, 0.6) is 0 Å². The molecule has 1 aromatic heterocycles. The number of halogens is 1. The van der Waals surface area contributed by atoms with E-state index in [1.54, 1.807) is 24.3 Å². The summed E-state index contributed by atoms with van der Waals surface area (Å²) in [5, 5.41) is 23.0. The van der Waals surface area contributed by atoms with Crippen LogP contribution in [-0.2, 0) is 0 Å². The van der Waals surface area contributed by atoms with Gasteiger partial charge in [-0.15, -0.1) is 0 Å². The maximum Gasteiger partial charge on any atom is 0.357 e. The molecule has 0 bridgehead atoms. The van der Waals surface area contributed by atoms with Gasteiger partial charge >= 0.3 is 11.9 Å². The number of aromatic nitrogens is 2. The van der Waals surface area contributed by atoms with Crippen LogP contribution in [0.25, 0.3) is 5.69 Å². The minimum absolute atomic E-state index is 0.0346. The Labute approximate surface area is 124 Å². The first kappa shape index (κ1) is 13.6. The van der Waals surface area contributed by atoms with E-state index in [1.807, 2.05) is 0 Å². The van der Waals surface area contributed by atoms with Crippen molar-refractivity contribution in [2.45, 2.75) is 18.8 Å². The van der Waals surface area contributed by atoms with E-state index in [9.17, 15) is 19.8 Å². The zero-order valence-electron chi connectivity index (χ0n) is 10.8. The number of aromatic carboxylic acids is 2. The molecule has 3 rings (SSSR count). The van der Waals surface area contributed by atoms with Gasteiger partial charge < -0.3 is 10.2 Å². The van der Waals surface area contributed by atoms with Crippen LogP contribution in [0, 0.1) is 0 Å². The summed E-state index contributed by atoms with van der Waals surface area (Å²) in [5.74, 6) is -2.58. The summed E-state index contributed by atoms with van der Waals surface area (Å²) >= 11 is 5.83. The molecular formula is C14H11ClN2O4. The molecule has 1 aliphatic carbocycles. The van der Waals surface area contributed by atoms with Crippen LogP contribution < -0.4 is 0 Å². The quantitative estimate of drug-likeness (QED) is 0.906. The minimum atomic E-state index is -1.35. The van der Waals surface area contributed by atoms with Gasteiger partial charge in [0.15, 0.2) is 5.69 Å². The van der Waals surface area contributed by atoms with E-state index in [0.29, 0.717) is 16.4 Å². The lowest BCUT2D eigenvalue weighted by atomic mass is 10.1. The normalized spacial score (nSPS) is 14.1. The first-order chi connectivity index (χ1) is 9.99. The van der Waals surface area contributed by atoms with Crippen LogP contribution in [0.4, 0.5) is 0 Å². The maximum atomic E-state index is 11.4. The molecule has 1 aromatic carbocycles. The molecule has 1 heterocycles. The molecule has 0 radical (unpaired) electrons. The SMILES string of the molecule is O=C(O)c1nn(-c2ccc(Cl)cc2)c(C2CC2)c1C(=O)O. The molecule has 108 valence electrons. The number of carbonyl (C=O) groups is 2. The smallest absolute Gasteiger partial charge is 0.357 e. The average molecular weight is 307 g/mol. The van der Waals surface area contributed by atoms with Gasteiger partial charge in [0.2, 0.25) is 0 Å². The Hall–Kier alpha value is -2.34. The van der Waals surface area contributed by atoms with Crippen LogP contribution in [0.2, 0.25) is 5.02 Å². The number of nitrogens with zero attached hydrogens (tertiary/aromatic N) is 2. The first-order valence-corrected chi connectivity index (χ1v) is 6.72. The van der Waals surface area contributed by atoms with Crippen molar-refractivity contribution in [1.82, 2.24) is 9.78 Å². The largest absolute Gasteiger partial charge is 0.478 e. The summed E-state index contributed by atoms with van der Waals surface area (Å²) in [6.45, 7) is 0. The zero-order valence-corrected chi connectivity index (χ0v) is 11.5. The van der Waals surface area contributed by atoms with Gasteiger partial charge in [-0.05, 0) is 37.1 Å². The summed E-state index contributed by atoms with van der Waals surface area (Å²) in [6, 6.07) is 6.66. The fraction of sp³-hybridized carbons (Fsp3) is 0.214. The third-order valence-corrected chi connectivity index (χ3v) is 3.62. The molecule has 2 N–H and O–H groups in total. The number of rotatable bonds is 4. The van der Waals surface area contributed by atoms with Crippen molar-refractivity contribution in [1.29, 1.82) is 0 Å². The highest BCUT2D eigenvalue weighted by atomic mass is 35.5. The zero-order chi connectivity index (χ0) is 15.1. The van der Waals surface area contributed by atoms with Crippen molar-refractivity contribution in [2.24, 2.45) is 0 Å². The van der Waals surface area contributed by atoms with E-state index in [4.69, 9.17) is 11.6 Å². The van der Waals surface area contributed by atoms with E-state index in [-0.39, 0.29) is 11.5 Å². The summed E-state index contributed by atoms with van der Waals surface area (Å²) in [6.07, 6.45) is 1.66. The molecule has 21 heavy (non-hydrogen) atoms. The van der Waals surface area contributed by atoms with E-state index < -0.39 is 17.6 Å². The van der Waals surface area contributed by atoms with Gasteiger partial charge in [-0.25, -0.2) is 14.3 Å². The Morgan fingerprint density at radius 1 is 1.14 bits per heavy atom. The molecule has 0 aliphatic heterocycles. The fourth-order valence-corrected chi connectivity index (χ4v) is 2.43. The molecule has 0 spiro atoms. The number of carboxylic acids is 2. The molecule has 7 heteroatoms. The number of hydrogen-bond donors (Lipinski definition) is 2. The Morgan fingerprint density at radius 3 is 2.24 bits per heavy atom. The maximum absolute atomic E-state index is 11.4. The minimum Gasteiger partial charge on any atom is -0.478 e. The summed E-state index contributed by atoms with van der Waals surface area (Å²) < 4.78 is 1.40. The van der Waals surface area contributed by atoms with Crippen LogP contribution in [0.3, 0.4) is 0 Å².